The van der Waals surface area contributed by atoms with Gasteiger partial charge in [0.25, 0.3) is 0 Å². The van der Waals surface area contributed by atoms with Crippen molar-refractivity contribution in [1.29, 1.82) is 0 Å². The number of carbonyl (C=O) groups excluding carboxylic acids is 1. The summed E-state index contributed by atoms with van der Waals surface area (Å²) in [6.45, 7) is 1.89. The molecule has 1 atom stereocenters. The number of carbonyl (C=O) groups is 1. The lowest BCUT2D eigenvalue weighted by Crippen LogP contribution is -2.38. The number of piperidine rings is 1. The molecular weight excluding hydrogens is 371 g/mol. The van der Waals surface area contributed by atoms with Gasteiger partial charge in [0.05, 0.1) is 5.56 Å². The molecule has 28 heavy (non-hydrogen) atoms. The third-order valence-electron chi connectivity index (χ3n) is 5.11. The zero-order chi connectivity index (χ0) is 19.7. The molecule has 0 spiro atoms. The van der Waals surface area contributed by atoms with Gasteiger partial charge in [0.15, 0.2) is 5.78 Å². The van der Waals surface area contributed by atoms with Gasteiger partial charge in [-0.25, -0.2) is 4.63 Å². The molecule has 1 aromatic heterocycles. The Morgan fingerprint density at radius 2 is 2.00 bits per heavy atom. The second kappa shape index (κ2) is 7.35. The Kier molecular flexibility index (Phi) is 4.89. The molecular formula is C20H18F3N3O2. The minimum Gasteiger partial charge on any atom is -0.298 e. The number of nitrogens with zero attached hydrogens (tertiary/aromatic N) is 3. The molecule has 5 nitrogen and oxygen atoms in total. The van der Waals surface area contributed by atoms with E-state index >= 15 is 0 Å². The number of hydrogen-bond donors (Lipinski definition) is 0. The van der Waals surface area contributed by atoms with Crippen LogP contribution in [0.1, 0.15) is 34.3 Å². The maximum absolute atomic E-state index is 12.9. The molecule has 0 radical (unpaired) electrons. The standard InChI is InChI=1S/C20H18F3N3O2/c21-20(22,23)16-7-1-4-13(10-16)19(27)15-6-3-9-26(12-15)11-14-5-2-8-17-18(14)25-28-24-17/h1-2,4-5,7-8,10,15H,3,6,9,11-12H2/t15-/m0/s1. The van der Waals surface area contributed by atoms with Crippen LogP contribution in [0.5, 0.6) is 0 Å². The maximum atomic E-state index is 12.9. The molecule has 1 saturated heterocycles. The van der Waals surface area contributed by atoms with Crippen LogP contribution < -0.4 is 0 Å². The summed E-state index contributed by atoms with van der Waals surface area (Å²) in [5, 5.41) is 7.77. The average molecular weight is 389 g/mol. The first-order valence-corrected chi connectivity index (χ1v) is 9.06. The van der Waals surface area contributed by atoms with E-state index in [0.717, 1.165) is 30.7 Å². The number of likely N-dealkylation sites (tertiary alicyclic amines) is 1. The number of rotatable bonds is 4. The highest BCUT2D eigenvalue weighted by molar-refractivity contribution is 5.98. The predicted octanol–water partition coefficient (Wildman–Crippen LogP) is 4.34. The highest BCUT2D eigenvalue weighted by Crippen LogP contribution is 2.31. The molecule has 3 aromatic rings. The van der Waals surface area contributed by atoms with Gasteiger partial charge >= 0.3 is 6.18 Å². The first-order chi connectivity index (χ1) is 13.4. The lowest BCUT2D eigenvalue weighted by molar-refractivity contribution is -0.137. The molecule has 146 valence electrons. The minimum atomic E-state index is -4.46. The molecule has 2 heterocycles. The van der Waals surface area contributed by atoms with Crippen molar-refractivity contribution in [2.24, 2.45) is 5.92 Å². The van der Waals surface area contributed by atoms with Gasteiger partial charge in [-0.2, -0.15) is 13.2 Å². The topological polar surface area (TPSA) is 59.2 Å². The van der Waals surface area contributed by atoms with Crippen LogP contribution in [0, 0.1) is 5.92 Å². The number of fused-ring (bicyclic) bond motifs is 1. The van der Waals surface area contributed by atoms with Crippen LogP contribution in [0.25, 0.3) is 11.0 Å². The normalized spacial score (nSPS) is 18.5. The summed E-state index contributed by atoms with van der Waals surface area (Å²) < 4.78 is 43.6. The van der Waals surface area contributed by atoms with Gasteiger partial charge in [0.1, 0.15) is 11.0 Å². The van der Waals surface area contributed by atoms with Gasteiger partial charge in [-0.3, -0.25) is 9.69 Å². The maximum Gasteiger partial charge on any atom is 0.416 e. The van der Waals surface area contributed by atoms with Gasteiger partial charge in [-0.15, -0.1) is 0 Å². The summed E-state index contributed by atoms with van der Waals surface area (Å²) in [7, 11) is 0. The van der Waals surface area contributed by atoms with E-state index < -0.39 is 11.7 Å². The molecule has 0 amide bonds. The van der Waals surface area contributed by atoms with E-state index in [-0.39, 0.29) is 17.3 Å². The van der Waals surface area contributed by atoms with E-state index in [0.29, 0.717) is 30.5 Å². The van der Waals surface area contributed by atoms with E-state index in [1.807, 2.05) is 18.2 Å². The molecule has 1 aliphatic rings. The van der Waals surface area contributed by atoms with Gasteiger partial charge in [-0.05, 0) is 53.5 Å². The first-order valence-electron chi connectivity index (χ1n) is 9.06. The Labute approximate surface area is 159 Å². The van der Waals surface area contributed by atoms with E-state index in [2.05, 4.69) is 15.2 Å². The quantitative estimate of drug-likeness (QED) is 0.622. The van der Waals surface area contributed by atoms with E-state index in [1.54, 1.807) is 0 Å². The van der Waals surface area contributed by atoms with Gasteiger partial charge < -0.3 is 0 Å². The van der Waals surface area contributed by atoms with Gasteiger partial charge in [0.2, 0.25) is 0 Å². The second-order valence-corrected chi connectivity index (χ2v) is 7.07. The Balaban J connectivity index is 1.49. The number of Topliss-reactive ketones (excluding diaryl/α,β-unsaturated/α-hetero) is 1. The number of ketones is 1. The van der Waals surface area contributed by atoms with Crippen LogP contribution >= 0.6 is 0 Å². The fourth-order valence-corrected chi connectivity index (χ4v) is 3.73. The monoisotopic (exact) mass is 389 g/mol. The van der Waals surface area contributed by atoms with Gasteiger partial charge in [0, 0.05) is 24.6 Å². The smallest absolute Gasteiger partial charge is 0.298 e. The van der Waals surface area contributed by atoms with Crippen molar-refractivity contribution in [3.63, 3.8) is 0 Å². The molecule has 0 unspecified atom stereocenters. The molecule has 0 N–H and O–H groups in total. The molecule has 0 aliphatic carbocycles. The summed E-state index contributed by atoms with van der Waals surface area (Å²) in [4.78, 5) is 14.9. The Bertz CT molecular complexity index is 1000. The molecule has 4 rings (SSSR count). The second-order valence-electron chi connectivity index (χ2n) is 7.07. The van der Waals surface area contributed by atoms with Crippen LogP contribution in [0.3, 0.4) is 0 Å². The lowest BCUT2D eigenvalue weighted by Gasteiger charge is -2.32. The number of hydrogen-bond acceptors (Lipinski definition) is 5. The Hall–Kier alpha value is -2.74. The summed E-state index contributed by atoms with van der Waals surface area (Å²) in [6, 6.07) is 10.3. The Morgan fingerprint density at radius 1 is 1.18 bits per heavy atom. The Morgan fingerprint density at radius 3 is 2.82 bits per heavy atom. The minimum absolute atomic E-state index is 0.115. The van der Waals surface area contributed by atoms with Crippen LogP contribution in [-0.4, -0.2) is 34.1 Å². The van der Waals surface area contributed by atoms with Crippen LogP contribution in [0.2, 0.25) is 0 Å². The van der Waals surface area contributed by atoms with Crippen molar-refractivity contribution in [2.75, 3.05) is 13.1 Å². The zero-order valence-electron chi connectivity index (χ0n) is 14.9. The van der Waals surface area contributed by atoms with E-state index in [4.69, 9.17) is 4.63 Å². The zero-order valence-corrected chi connectivity index (χ0v) is 14.9. The number of alkyl halides is 3. The number of halogens is 3. The lowest BCUT2D eigenvalue weighted by atomic mass is 9.89. The van der Waals surface area contributed by atoms with Crippen molar-refractivity contribution >= 4 is 16.8 Å². The van der Waals surface area contributed by atoms with Crippen molar-refractivity contribution < 1.29 is 22.6 Å². The molecule has 1 aliphatic heterocycles. The van der Waals surface area contributed by atoms with Crippen molar-refractivity contribution in [2.45, 2.75) is 25.6 Å². The summed E-state index contributed by atoms with van der Waals surface area (Å²) in [6.07, 6.45) is -2.98. The molecule has 8 heteroatoms. The third-order valence-corrected chi connectivity index (χ3v) is 5.11. The molecule has 2 aromatic carbocycles. The number of aromatic nitrogens is 2. The third kappa shape index (κ3) is 3.77. The first kappa shape index (κ1) is 18.6. The van der Waals surface area contributed by atoms with E-state index in [1.165, 1.54) is 12.1 Å². The fraction of sp³-hybridized carbons (Fsp3) is 0.350. The average Bonchev–Trinajstić information content (AvgIpc) is 3.17. The summed E-state index contributed by atoms with van der Waals surface area (Å²) >= 11 is 0. The number of benzene rings is 2. The largest absolute Gasteiger partial charge is 0.416 e. The fourth-order valence-electron chi connectivity index (χ4n) is 3.73. The van der Waals surface area contributed by atoms with Gasteiger partial charge in [-0.1, -0.05) is 24.3 Å². The van der Waals surface area contributed by atoms with Crippen molar-refractivity contribution in [3.05, 3.63) is 59.2 Å². The van der Waals surface area contributed by atoms with Crippen LogP contribution in [0.15, 0.2) is 47.1 Å². The molecule has 0 saturated carbocycles. The highest BCUT2D eigenvalue weighted by Gasteiger charge is 2.32. The highest BCUT2D eigenvalue weighted by atomic mass is 19.4. The van der Waals surface area contributed by atoms with Crippen LogP contribution in [-0.2, 0) is 12.7 Å². The molecule has 0 bridgehead atoms. The van der Waals surface area contributed by atoms with Crippen molar-refractivity contribution in [3.8, 4) is 0 Å². The predicted molar refractivity (Wildman–Crippen MR) is 95.6 cm³/mol. The van der Waals surface area contributed by atoms with E-state index in [9.17, 15) is 18.0 Å². The van der Waals surface area contributed by atoms with Crippen LogP contribution in [0.4, 0.5) is 13.2 Å². The summed E-state index contributed by atoms with van der Waals surface area (Å²) in [5.74, 6) is -0.566. The van der Waals surface area contributed by atoms with Crippen molar-refractivity contribution in [1.82, 2.24) is 15.2 Å². The molecule has 1 fully saturated rings. The SMILES string of the molecule is O=C(c1cccc(C(F)(F)F)c1)[C@H]1CCCN(Cc2cccc3nonc23)C1. The summed E-state index contributed by atoms with van der Waals surface area (Å²) in [5.41, 5.74) is 1.63.